The molecule has 0 amide bonds. The first kappa shape index (κ1) is 15.1. The Labute approximate surface area is 130 Å². The molecular weight excluding hydrogens is 326 g/mol. The molecule has 0 spiro atoms. The second kappa shape index (κ2) is 5.76. The standard InChI is InChI=1S/C14H10F2N4O2S/c15-10-4-1-5-11(16)13(10)23(21,22)19-12-6-2-7-17-14(12)20-9-3-8-18-20/h1-9,19H. The molecule has 3 rings (SSSR count). The van der Waals surface area contributed by atoms with Gasteiger partial charge in [-0.1, -0.05) is 6.07 Å². The van der Waals surface area contributed by atoms with E-state index in [0.29, 0.717) is 0 Å². The van der Waals surface area contributed by atoms with Crippen LogP contribution in [0.1, 0.15) is 0 Å². The normalized spacial score (nSPS) is 11.4. The third kappa shape index (κ3) is 2.90. The summed E-state index contributed by atoms with van der Waals surface area (Å²) in [5, 5.41) is 3.96. The Kier molecular flexibility index (Phi) is 3.78. The van der Waals surface area contributed by atoms with E-state index in [1.165, 1.54) is 29.2 Å². The number of hydrogen-bond acceptors (Lipinski definition) is 4. The molecular formula is C14H10F2N4O2S. The second-order valence-electron chi connectivity index (χ2n) is 4.48. The van der Waals surface area contributed by atoms with Crippen molar-refractivity contribution in [2.75, 3.05) is 4.72 Å². The average molecular weight is 336 g/mol. The van der Waals surface area contributed by atoms with Crippen molar-refractivity contribution in [2.45, 2.75) is 4.90 Å². The van der Waals surface area contributed by atoms with Crippen LogP contribution in [0.25, 0.3) is 5.82 Å². The minimum atomic E-state index is -4.47. The molecule has 2 aromatic heterocycles. The molecule has 9 heteroatoms. The van der Waals surface area contributed by atoms with E-state index < -0.39 is 26.6 Å². The van der Waals surface area contributed by atoms with E-state index in [4.69, 9.17) is 0 Å². The summed E-state index contributed by atoms with van der Waals surface area (Å²) in [6, 6.07) is 7.36. The second-order valence-corrected chi connectivity index (χ2v) is 6.10. The lowest BCUT2D eigenvalue weighted by Gasteiger charge is -2.12. The Bertz CT molecular complexity index is 923. The van der Waals surface area contributed by atoms with Gasteiger partial charge in [0.15, 0.2) is 10.7 Å². The van der Waals surface area contributed by atoms with Crippen molar-refractivity contribution in [2.24, 2.45) is 0 Å². The van der Waals surface area contributed by atoms with Gasteiger partial charge in [-0.2, -0.15) is 5.10 Å². The maximum Gasteiger partial charge on any atom is 0.267 e. The highest BCUT2D eigenvalue weighted by Gasteiger charge is 2.25. The summed E-state index contributed by atoms with van der Waals surface area (Å²) in [5.41, 5.74) is 0.0406. The number of hydrogen-bond donors (Lipinski definition) is 1. The van der Waals surface area contributed by atoms with Gasteiger partial charge in [-0.05, 0) is 30.3 Å². The molecule has 6 nitrogen and oxygen atoms in total. The summed E-state index contributed by atoms with van der Waals surface area (Å²) in [7, 11) is -4.47. The molecule has 0 atom stereocenters. The van der Waals surface area contributed by atoms with Crippen LogP contribution in [0.4, 0.5) is 14.5 Å². The molecule has 0 aliphatic carbocycles. The number of anilines is 1. The summed E-state index contributed by atoms with van der Waals surface area (Å²) in [6.45, 7) is 0. The zero-order chi connectivity index (χ0) is 16.4. The molecule has 2 heterocycles. The number of rotatable bonds is 4. The van der Waals surface area contributed by atoms with Crippen LogP contribution in [-0.4, -0.2) is 23.2 Å². The van der Waals surface area contributed by atoms with E-state index in [1.807, 2.05) is 0 Å². The Morgan fingerprint density at radius 3 is 2.39 bits per heavy atom. The van der Waals surface area contributed by atoms with E-state index in [0.717, 1.165) is 18.2 Å². The van der Waals surface area contributed by atoms with Gasteiger partial charge in [-0.25, -0.2) is 26.9 Å². The number of nitrogens with one attached hydrogen (secondary N) is 1. The van der Waals surface area contributed by atoms with Crippen molar-refractivity contribution < 1.29 is 17.2 Å². The number of pyridine rings is 1. The minimum Gasteiger partial charge on any atom is -0.276 e. The van der Waals surface area contributed by atoms with Crippen molar-refractivity contribution in [1.82, 2.24) is 14.8 Å². The van der Waals surface area contributed by atoms with E-state index in [-0.39, 0.29) is 11.5 Å². The van der Waals surface area contributed by atoms with Gasteiger partial charge in [-0.15, -0.1) is 0 Å². The highest BCUT2D eigenvalue weighted by atomic mass is 32.2. The number of sulfonamides is 1. The van der Waals surface area contributed by atoms with Crippen molar-refractivity contribution in [3.05, 3.63) is 66.6 Å². The first-order valence-corrected chi connectivity index (χ1v) is 7.89. The van der Waals surface area contributed by atoms with E-state index in [9.17, 15) is 17.2 Å². The summed E-state index contributed by atoms with van der Waals surface area (Å²) in [6.07, 6.45) is 4.49. The molecule has 3 aromatic rings. The monoisotopic (exact) mass is 336 g/mol. The van der Waals surface area contributed by atoms with Gasteiger partial charge in [0.25, 0.3) is 10.0 Å². The van der Waals surface area contributed by atoms with Crippen LogP contribution in [0.15, 0.2) is 59.9 Å². The van der Waals surface area contributed by atoms with Gasteiger partial charge in [-0.3, -0.25) is 4.72 Å². The van der Waals surface area contributed by atoms with Crippen LogP contribution in [0.5, 0.6) is 0 Å². The van der Waals surface area contributed by atoms with Crippen LogP contribution in [0, 0.1) is 11.6 Å². The molecule has 0 radical (unpaired) electrons. The largest absolute Gasteiger partial charge is 0.276 e. The zero-order valence-corrected chi connectivity index (χ0v) is 12.3. The highest BCUT2D eigenvalue weighted by Crippen LogP contribution is 2.24. The van der Waals surface area contributed by atoms with Crippen LogP contribution < -0.4 is 4.72 Å². The number of benzene rings is 1. The molecule has 1 N–H and O–H groups in total. The fourth-order valence-corrected chi connectivity index (χ4v) is 3.19. The molecule has 0 fully saturated rings. The molecule has 118 valence electrons. The van der Waals surface area contributed by atoms with Gasteiger partial charge in [0.1, 0.15) is 11.6 Å². The van der Waals surface area contributed by atoms with Gasteiger partial charge >= 0.3 is 0 Å². The highest BCUT2D eigenvalue weighted by molar-refractivity contribution is 7.92. The van der Waals surface area contributed by atoms with Gasteiger partial charge < -0.3 is 0 Å². The quantitative estimate of drug-likeness (QED) is 0.793. The predicted molar refractivity (Wildman–Crippen MR) is 78.5 cm³/mol. The minimum absolute atomic E-state index is 0.0406. The molecule has 23 heavy (non-hydrogen) atoms. The van der Waals surface area contributed by atoms with Gasteiger partial charge in [0.2, 0.25) is 0 Å². The summed E-state index contributed by atoms with van der Waals surface area (Å²) in [5.74, 6) is -2.18. The first-order chi connectivity index (χ1) is 11.0. The third-order valence-electron chi connectivity index (χ3n) is 2.94. The molecule has 0 bridgehead atoms. The van der Waals surface area contributed by atoms with Crippen molar-refractivity contribution in [3.8, 4) is 5.82 Å². The van der Waals surface area contributed by atoms with Gasteiger partial charge in [0, 0.05) is 18.6 Å². The number of nitrogens with zero attached hydrogens (tertiary/aromatic N) is 3. The van der Waals surface area contributed by atoms with Crippen LogP contribution in [0.2, 0.25) is 0 Å². The summed E-state index contributed by atoms with van der Waals surface area (Å²) in [4.78, 5) is 2.98. The molecule has 0 aliphatic rings. The Morgan fingerprint density at radius 2 is 1.74 bits per heavy atom. The van der Waals surface area contributed by atoms with E-state index >= 15 is 0 Å². The summed E-state index contributed by atoms with van der Waals surface area (Å²) >= 11 is 0. The first-order valence-electron chi connectivity index (χ1n) is 6.41. The van der Waals surface area contributed by atoms with Crippen molar-refractivity contribution in [3.63, 3.8) is 0 Å². The molecule has 0 unspecified atom stereocenters. The number of aromatic nitrogens is 3. The molecule has 0 aliphatic heterocycles. The third-order valence-corrected chi connectivity index (χ3v) is 4.36. The van der Waals surface area contributed by atoms with Gasteiger partial charge in [0.05, 0.1) is 5.69 Å². The van der Waals surface area contributed by atoms with Crippen LogP contribution >= 0.6 is 0 Å². The number of halogens is 2. The Balaban J connectivity index is 2.06. The van der Waals surface area contributed by atoms with E-state index in [2.05, 4.69) is 14.8 Å². The van der Waals surface area contributed by atoms with E-state index in [1.54, 1.807) is 12.3 Å². The smallest absolute Gasteiger partial charge is 0.267 e. The maximum atomic E-state index is 13.7. The Hall–Kier alpha value is -2.81. The maximum absolute atomic E-state index is 13.7. The Morgan fingerprint density at radius 1 is 1.00 bits per heavy atom. The summed E-state index contributed by atoms with van der Waals surface area (Å²) < 4.78 is 55.6. The van der Waals surface area contributed by atoms with Crippen LogP contribution in [0.3, 0.4) is 0 Å². The predicted octanol–water partition coefficient (Wildman–Crippen LogP) is 2.35. The lowest BCUT2D eigenvalue weighted by molar-refractivity contribution is 0.521. The fraction of sp³-hybridized carbons (Fsp3) is 0. The van der Waals surface area contributed by atoms with Crippen molar-refractivity contribution >= 4 is 15.7 Å². The molecule has 1 aromatic carbocycles. The van der Waals surface area contributed by atoms with Crippen LogP contribution in [-0.2, 0) is 10.0 Å². The average Bonchev–Trinajstić information content (AvgIpc) is 3.01. The lowest BCUT2D eigenvalue weighted by Crippen LogP contribution is -2.18. The topological polar surface area (TPSA) is 76.9 Å². The molecule has 0 saturated carbocycles. The lowest BCUT2D eigenvalue weighted by atomic mass is 10.3. The molecule has 0 saturated heterocycles. The van der Waals surface area contributed by atoms with Crippen molar-refractivity contribution in [1.29, 1.82) is 0 Å². The SMILES string of the molecule is O=S(=O)(Nc1cccnc1-n1cccn1)c1c(F)cccc1F. The zero-order valence-electron chi connectivity index (χ0n) is 11.5. The fourth-order valence-electron chi connectivity index (χ4n) is 1.99.